The summed E-state index contributed by atoms with van der Waals surface area (Å²) in [5, 5.41) is 6.94. The molecule has 2 amide bonds. The number of rotatable bonds is 3. The summed E-state index contributed by atoms with van der Waals surface area (Å²) in [5.41, 5.74) is -0.351. The third kappa shape index (κ3) is 3.93. The van der Waals surface area contributed by atoms with Crippen molar-refractivity contribution >= 4 is 17.6 Å². The van der Waals surface area contributed by atoms with Gasteiger partial charge in [-0.25, -0.2) is 0 Å². The second-order valence-electron chi connectivity index (χ2n) is 6.72. The number of piperidine rings is 1. The van der Waals surface area contributed by atoms with Gasteiger partial charge in [0.05, 0.1) is 25.2 Å². The molecule has 0 aliphatic carbocycles. The topological polar surface area (TPSA) is 79.7 Å². The van der Waals surface area contributed by atoms with Gasteiger partial charge in [0.25, 0.3) is 0 Å². The maximum atomic E-state index is 12.1. The summed E-state index contributed by atoms with van der Waals surface area (Å²) in [7, 11) is 3.63. The SMILES string of the molecule is CN1CCOC2(CCN(CC(=O)Nc3ccn(C)n3)CC2)CC1=O. The molecule has 132 valence electrons. The van der Waals surface area contributed by atoms with E-state index < -0.39 is 0 Å². The highest BCUT2D eigenvalue weighted by atomic mass is 16.5. The number of nitrogens with one attached hydrogen (secondary N) is 1. The van der Waals surface area contributed by atoms with Crippen LogP contribution in [-0.4, -0.2) is 76.8 Å². The van der Waals surface area contributed by atoms with Gasteiger partial charge in [-0.15, -0.1) is 0 Å². The normalized spacial score (nSPS) is 21.8. The molecule has 0 atom stereocenters. The summed E-state index contributed by atoms with van der Waals surface area (Å²) in [6, 6.07) is 1.77. The van der Waals surface area contributed by atoms with Crippen molar-refractivity contribution in [2.75, 3.05) is 45.2 Å². The molecule has 0 aromatic carbocycles. The lowest BCUT2D eigenvalue weighted by Gasteiger charge is -2.40. The molecule has 1 N–H and O–H groups in total. The average molecular weight is 335 g/mol. The zero-order chi connectivity index (χ0) is 17.2. The molecule has 2 aliphatic rings. The highest BCUT2D eigenvalue weighted by Gasteiger charge is 2.40. The monoisotopic (exact) mass is 335 g/mol. The molecule has 1 spiro atoms. The van der Waals surface area contributed by atoms with Crippen molar-refractivity contribution in [3.05, 3.63) is 12.3 Å². The minimum atomic E-state index is -0.351. The van der Waals surface area contributed by atoms with Crippen molar-refractivity contribution in [2.24, 2.45) is 7.05 Å². The zero-order valence-corrected chi connectivity index (χ0v) is 14.3. The van der Waals surface area contributed by atoms with Crippen LogP contribution in [-0.2, 0) is 21.4 Å². The number of aryl methyl sites for hydroxylation is 1. The van der Waals surface area contributed by atoms with Crippen LogP contribution < -0.4 is 5.32 Å². The molecule has 8 heteroatoms. The van der Waals surface area contributed by atoms with Gasteiger partial charge < -0.3 is 15.0 Å². The van der Waals surface area contributed by atoms with E-state index >= 15 is 0 Å². The number of carbonyl (C=O) groups is 2. The Balaban J connectivity index is 1.49. The van der Waals surface area contributed by atoms with Gasteiger partial charge >= 0.3 is 0 Å². The Morgan fingerprint density at radius 3 is 2.75 bits per heavy atom. The minimum absolute atomic E-state index is 0.0674. The molecule has 1 aromatic heterocycles. The molecule has 3 heterocycles. The third-order valence-electron chi connectivity index (χ3n) is 4.85. The Hall–Kier alpha value is -1.93. The molecule has 8 nitrogen and oxygen atoms in total. The van der Waals surface area contributed by atoms with Crippen LogP contribution in [0.3, 0.4) is 0 Å². The van der Waals surface area contributed by atoms with Crippen LogP contribution in [0.15, 0.2) is 12.3 Å². The van der Waals surface area contributed by atoms with Crippen LogP contribution in [0.1, 0.15) is 19.3 Å². The number of likely N-dealkylation sites (tertiary alicyclic amines) is 1. The minimum Gasteiger partial charge on any atom is -0.373 e. The fraction of sp³-hybridized carbons (Fsp3) is 0.688. The van der Waals surface area contributed by atoms with E-state index in [-0.39, 0.29) is 17.4 Å². The number of aromatic nitrogens is 2. The summed E-state index contributed by atoms with van der Waals surface area (Å²) in [4.78, 5) is 28.1. The van der Waals surface area contributed by atoms with Crippen LogP contribution in [0.25, 0.3) is 0 Å². The van der Waals surface area contributed by atoms with E-state index in [2.05, 4.69) is 15.3 Å². The van der Waals surface area contributed by atoms with E-state index in [0.29, 0.717) is 31.9 Å². The Morgan fingerprint density at radius 1 is 1.33 bits per heavy atom. The number of hydrogen-bond donors (Lipinski definition) is 1. The number of anilines is 1. The summed E-state index contributed by atoms with van der Waals surface area (Å²) in [5.74, 6) is 0.646. The standard InChI is InChI=1S/C16H25N5O3/c1-19-9-10-24-16(11-15(19)23)4-7-21(8-5-16)12-14(22)17-13-3-6-20(2)18-13/h3,6H,4-5,7-12H2,1-2H3,(H,17,18,22). The van der Waals surface area contributed by atoms with Gasteiger partial charge in [-0.3, -0.25) is 19.2 Å². The van der Waals surface area contributed by atoms with E-state index in [4.69, 9.17) is 4.74 Å². The van der Waals surface area contributed by atoms with Crippen molar-refractivity contribution in [1.82, 2.24) is 19.6 Å². The number of amides is 2. The van der Waals surface area contributed by atoms with Crippen molar-refractivity contribution in [2.45, 2.75) is 24.9 Å². The molecular formula is C16H25N5O3. The van der Waals surface area contributed by atoms with E-state index in [1.54, 1.807) is 21.8 Å². The summed E-state index contributed by atoms with van der Waals surface area (Å²) in [6.07, 6.45) is 3.79. The quantitative estimate of drug-likeness (QED) is 0.846. The Labute approximate surface area is 141 Å². The maximum absolute atomic E-state index is 12.1. The van der Waals surface area contributed by atoms with Gasteiger partial charge in [0.2, 0.25) is 11.8 Å². The Kier molecular flexibility index (Phi) is 4.86. The lowest BCUT2D eigenvalue weighted by Crippen LogP contribution is -2.48. The lowest BCUT2D eigenvalue weighted by atomic mass is 9.87. The maximum Gasteiger partial charge on any atom is 0.239 e. The molecule has 2 saturated heterocycles. The smallest absolute Gasteiger partial charge is 0.239 e. The largest absolute Gasteiger partial charge is 0.373 e. The van der Waals surface area contributed by atoms with Crippen molar-refractivity contribution in [1.29, 1.82) is 0 Å². The van der Waals surface area contributed by atoms with Gasteiger partial charge in [0, 0.05) is 46.0 Å². The second kappa shape index (κ2) is 6.90. The van der Waals surface area contributed by atoms with E-state index in [9.17, 15) is 9.59 Å². The predicted octanol–water partition coefficient (Wildman–Crippen LogP) is 0.0719. The molecule has 2 fully saturated rings. The molecule has 0 bridgehead atoms. The molecule has 0 unspecified atom stereocenters. The van der Waals surface area contributed by atoms with Gasteiger partial charge in [-0.05, 0) is 12.8 Å². The highest BCUT2D eigenvalue weighted by Crippen LogP contribution is 2.31. The van der Waals surface area contributed by atoms with E-state index in [1.807, 2.05) is 14.1 Å². The van der Waals surface area contributed by atoms with Gasteiger partial charge in [-0.2, -0.15) is 5.10 Å². The first-order valence-corrected chi connectivity index (χ1v) is 8.36. The number of carbonyl (C=O) groups excluding carboxylic acids is 2. The number of ether oxygens (including phenoxy) is 1. The number of likely N-dealkylation sites (N-methyl/N-ethyl adjacent to an activating group) is 1. The van der Waals surface area contributed by atoms with Crippen LogP contribution in [0.4, 0.5) is 5.82 Å². The Morgan fingerprint density at radius 2 is 2.08 bits per heavy atom. The average Bonchev–Trinajstić information content (AvgIpc) is 2.88. The van der Waals surface area contributed by atoms with Crippen molar-refractivity contribution < 1.29 is 14.3 Å². The first-order valence-electron chi connectivity index (χ1n) is 8.36. The van der Waals surface area contributed by atoms with Crippen molar-refractivity contribution in [3.8, 4) is 0 Å². The lowest BCUT2D eigenvalue weighted by molar-refractivity contribution is -0.135. The molecular weight excluding hydrogens is 310 g/mol. The molecule has 0 radical (unpaired) electrons. The van der Waals surface area contributed by atoms with Crippen LogP contribution >= 0.6 is 0 Å². The first-order chi connectivity index (χ1) is 11.5. The fourth-order valence-corrected chi connectivity index (χ4v) is 3.29. The summed E-state index contributed by atoms with van der Waals surface area (Å²) < 4.78 is 7.67. The zero-order valence-electron chi connectivity index (χ0n) is 14.3. The van der Waals surface area contributed by atoms with E-state index in [1.165, 1.54) is 0 Å². The molecule has 3 rings (SSSR count). The fourth-order valence-electron chi connectivity index (χ4n) is 3.29. The summed E-state index contributed by atoms with van der Waals surface area (Å²) >= 11 is 0. The van der Waals surface area contributed by atoms with Crippen LogP contribution in [0.5, 0.6) is 0 Å². The third-order valence-corrected chi connectivity index (χ3v) is 4.85. The van der Waals surface area contributed by atoms with Gasteiger partial charge in [0.1, 0.15) is 0 Å². The highest BCUT2D eigenvalue weighted by molar-refractivity contribution is 5.91. The molecule has 24 heavy (non-hydrogen) atoms. The predicted molar refractivity (Wildman–Crippen MR) is 88.4 cm³/mol. The molecule has 1 aromatic rings. The second-order valence-corrected chi connectivity index (χ2v) is 6.72. The van der Waals surface area contributed by atoms with Crippen LogP contribution in [0, 0.1) is 0 Å². The van der Waals surface area contributed by atoms with Crippen LogP contribution in [0.2, 0.25) is 0 Å². The number of hydrogen-bond acceptors (Lipinski definition) is 5. The van der Waals surface area contributed by atoms with Crippen molar-refractivity contribution in [3.63, 3.8) is 0 Å². The molecule has 2 aliphatic heterocycles. The van der Waals surface area contributed by atoms with E-state index in [0.717, 1.165) is 25.9 Å². The summed E-state index contributed by atoms with van der Waals surface area (Å²) in [6.45, 7) is 3.08. The first kappa shape index (κ1) is 16.9. The van der Waals surface area contributed by atoms with Gasteiger partial charge in [-0.1, -0.05) is 0 Å². The molecule has 0 saturated carbocycles. The Bertz CT molecular complexity index is 607. The van der Waals surface area contributed by atoms with Gasteiger partial charge in [0.15, 0.2) is 5.82 Å². The number of nitrogens with zero attached hydrogens (tertiary/aromatic N) is 4.